The van der Waals surface area contributed by atoms with E-state index in [0.29, 0.717) is 11.4 Å². The fourth-order valence-electron chi connectivity index (χ4n) is 2.12. The summed E-state index contributed by atoms with van der Waals surface area (Å²) in [6.45, 7) is -0.186. The Hall–Kier alpha value is -2.05. The zero-order valence-electron chi connectivity index (χ0n) is 13.5. The fourth-order valence-corrected chi connectivity index (χ4v) is 3.31. The molecule has 0 atom stereocenters. The molecule has 10 heteroatoms. The van der Waals surface area contributed by atoms with Crippen LogP contribution in [-0.4, -0.2) is 49.8 Å². The third-order valence-electron chi connectivity index (χ3n) is 3.41. The van der Waals surface area contributed by atoms with Crippen LogP contribution in [0.4, 0.5) is 18.9 Å². The van der Waals surface area contributed by atoms with Crippen molar-refractivity contribution in [3.05, 3.63) is 36.4 Å². The zero-order chi connectivity index (χ0) is 19.2. The molecular weight excluding hydrogens is 389 g/mol. The molecule has 0 fully saturated rings. The number of aromatic nitrogens is 1. The lowest BCUT2D eigenvalue weighted by molar-refractivity contribution is -0.373. The van der Waals surface area contributed by atoms with Crippen LogP contribution in [0.1, 0.15) is 12.8 Å². The van der Waals surface area contributed by atoms with Crippen LogP contribution < -0.4 is 0 Å². The number of nitriles is 1. The highest BCUT2D eigenvalue weighted by molar-refractivity contribution is 7.99. The third-order valence-corrected chi connectivity index (χ3v) is 4.77. The van der Waals surface area contributed by atoms with E-state index in [2.05, 4.69) is 4.98 Å². The molecule has 1 aliphatic heterocycles. The van der Waals surface area contributed by atoms with Gasteiger partial charge in [0, 0.05) is 30.2 Å². The number of amides is 1. The first-order valence-electron chi connectivity index (χ1n) is 7.59. The molecule has 1 aromatic rings. The van der Waals surface area contributed by atoms with E-state index in [1.165, 1.54) is 4.90 Å². The van der Waals surface area contributed by atoms with Crippen LogP contribution in [0.5, 0.6) is 0 Å². The lowest BCUT2D eigenvalue weighted by Gasteiger charge is -2.23. The molecule has 1 amide bonds. The molecule has 1 aromatic heterocycles. The highest BCUT2D eigenvalue weighted by Crippen LogP contribution is 2.26. The van der Waals surface area contributed by atoms with Crippen LogP contribution in [0.25, 0.3) is 0 Å². The number of alkyl halides is 3. The molecular formula is C16H15ClF3N4OS+. The van der Waals surface area contributed by atoms with Crippen molar-refractivity contribution in [1.29, 1.82) is 5.26 Å². The van der Waals surface area contributed by atoms with Crippen LogP contribution in [0.2, 0.25) is 0 Å². The maximum Gasteiger partial charge on any atom is 0.389 e. The summed E-state index contributed by atoms with van der Waals surface area (Å²) >= 11 is 7.29. The first-order chi connectivity index (χ1) is 12.3. The average Bonchev–Trinajstić information content (AvgIpc) is 2.59. The van der Waals surface area contributed by atoms with Gasteiger partial charge in [-0.1, -0.05) is 0 Å². The van der Waals surface area contributed by atoms with Crippen LogP contribution >= 0.6 is 23.4 Å². The van der Waals surface area contributed by atoms with E-state index in [-0.39, 0.29) is 35.5 Å². The number of pyridine rings is 1. The number of thioether (sulfide) groups is 1. The van der Waals surface area contributed by atoms with E-state index in [1.54, 1.807) is 35.3 Å². The number of carbonyl (C=O) groups is 1. The van der Waals surface area contributed by atoms with Gasteiger partial charge >= 0.3 is 11.3 Å². The first-order valence-corrected chi connectivity index (χ1v) is 9.12. The second kappa shape index (κ2) is 9.05. The molecule has 26 heavy (non-hydrogen) atoms. The van der Waals surface area contributed by atoms with E-state index in [4.69, 9.17) is 16.9 Å². The number of carbonyl (C=O) groups excluding carboxylic acids is 1. The highest BCUT2D eigenvalue weighted by Gasteiger charge is 2.37. The standard InChI is InChI=1S/C16H15ClF3N4OS/c17-15-13(11-24(15)12-2-1-6-22-10-12)23(7-5-21)14(25)3-8-26-9-4-16(18,19)20/h1-2,6,10-11H,3-4,7-9H2/q+1. The maximum atomic E-state index is 12.3. The fraction of sp³-hybridized carbons (Fsp3) is 0.375. The van der Waals surface area contributed by atoms with Crippen molar-refractivity contribution in [2.75, 3.05) is 18.1 Å². The summed E-state index contributed by atoms with van der Waals surface area (Å²) in [5.41, 5.74) is 1.12. The highest BCUT2D eigenvalue weighted by atomic mass is 35.5. The number of hydrogen-bond donors (Lipinski definition) is 0. The molecule has 2 rings (SSSR count). The molecule has 0 saturated heterocycles. The summed E-state index contributed by atoms with van der Waals surface area (Å²) in [5, 5.41) is 9.23. The van der Waals surface area contributed by atoms with Gasteiger partial charge in [-0.2, -0.15) is 30.2 Å². The predicted molar refractivity (Wildman–Crippen MR) is 93.0 cm³/mol. The van der Waals surface area contributed by atoms with Gasteiger partial charge in [-0.15, -0.1) is 4.58 Å². The molecule has 138 valence electrons. The number of hydrogen-bond acceptors (Lipinski definition) is 4. The molecule has 0 spiro atoms. The summed E-state index contributed by atoms with van der Waals surface area (Å²) in [4.78, 5) is 17.5. The van der Waals surface area contributed by atoms with Crippen LogP contribution in [0, 0.1) is 11.3 Å². The van der Waals surface area contributed by atoms with Crippen molar-refractivity contribution in [3.8, 4) is 6.07 Å². The average molecular weight is 404 g/mol. The van der Waals surface area contributed by atoms with Gasteiger partial charge < -0.3 is 0 Å². The van der Waals surface area contributed by atoms with E-state index < -0.39 is 12.6 Å². The molecule has 0 radical (unpaired) electrons. The quantitative estimate of drug-likeness (QED) is 0.377. The second-order valence-electron chi connectivity index (χ2n) is 5.25. The van der Waals surface area contributed by atoms with Gasteiger partial charge in [-0.25, -0.2) is 0 Å². The van der Waals surface area contributed by atoms with Gasteiger partial charge in [0.2, 0.25) is 17.8 Å². The Morgan fingerprint density at radius 2 is 2.19 bits per heavy atom. The SMILES string of the molecule is N#CCN(C(=O)CCSCCC(F)(F)F)C1=C[N+](c2cccnc2)=C1Cl. The van der Waals surface area contributed by atoms with Crippen LogP contribution in [0.3, 0.4) is 0 Å². The molecule has 2 heterocycles. The smallest absolute Gasteiger partial charge is 0.287 e. The zero-order valence-corrected chi connectivity index (χ0v) is 15.1. The number of allylic oxidation sites excluding steroid dienone is 1. The summed E-state index contributed by atoms with van der Waals surface area (Å²) in [6, 6.07) is 5.43. The van der Waals surface area contributed by atoms with Gasteiger partial charge in [-0.3, -0.25) is 14.7 Å². The van der Waals surface area contributed by atoms with Crippen molar-refractivity contribution in [3.63, 3.8) is 0 Å². The molecule has 0 N–H and O–H groups in total. The van der Waals surface area contributed by atoms with E-state index in [9.17, 15) is 18.0 Å². The summed E-state index contributed by atoms with van der Waals surface area (Å²) in [6.07, 6.45) is -0.228. The molecule has 1 aliphatic rings. The van der Waals surface area contributed by atoms with Crippen LogP contribution in [0.15, 0.2) is 36.4 Å². The predicted octanol–water partition coefficient (Wildman–Crippen LogP) is 3.65. The third kappa shape index (κ3) is 5.47. The van der Waals surface area contributed by atoms with Crippen LogP contribution in [-0.2, 0) is 4.79 Å². The Morgan fingerprint density at radius 3 is 2.77 bits per heavy atom. The number of rotatable bonds is 8. The lowest BCUT2D eigenvalue weighted by atomic mass is 10.2. The molecule has 0 unspecified atom stereocenters. The van der Waals surface area contributed by atoms with E-state index in [1.807, 2.05) is 6.07 Å². The molecule has 0 bridgehead atoms. The number of nitrogens with zero attached hydrogens (tertiary/aromatic N) is 4. The molecule has 5 nitrogen and oxygen atoms in total. The Labute approximate surface area is 157 Å². The topological polar surface area (TPSA) is 60.0 Å². The van der Waals surface area contributed by atoms with Gasteiger partial charge in [0.15, 0.2) is 5.70 Å². The van der Waals surface area contributed by atoms with Crippen molar-refractivity contribution in [2.45, 2.75) is 19.0 Å². The second-order valence-corrected chi connectivity index (χ2v) is 6.83. The minimum absolute atomic E-state index is 0.0264. The first kappa shape index (κ1) is 20.3. The Bertz CT molecular complexity index is 759. The van der Waals surface area contributed by atoms with Gasteiger partial charge in [-0.05, 0) is 17.7 Å². The van der Waals surface area contributed by atoms with Gasteiger partial charge in [0.1, 0.15) is 6.54 Å². The largest absolute Gasteiger partial charge is 0.389 e. The minimum Gasteiger partial charge on any atom is -0.287 e. The van der Waals surface area contributed by atoms with Crippen molar-refractivity contribution >= 4 is 40.1 Å². The van der Waals surface area contributed by atoms with Gasteiger partial charge in [0.05, 0.1) is 18.7 Å². The van der Waals surface area contributed by atoms with E-state index >= 15 is 0 Å². The summed E-state index contributed by atoms with van der Waals surface area (Å²) < 4.78 is 37.9. The summed E-state index contributed by atoms with van der Waals surface area (Å²) in [5.74, 6) is -0.214. The molecule has 0 aromatic carbocycles. The van der Waals surface area contributed by atoms with Crippen molar-refractivity contribution in [2.24, 2.45) is 0 Å². The summed E-state index contributed by atoms with van der Waals surface area (Å²) in [7, 11) is 0. The Kier molecular flexibility index (Phi) is 7.06. The Balaban J connectivity index is 1.91. The van der Waals surface area contributed by atoms with Gasteiger partial charge in [0.25, 0.3) is 0 Å². The number of halogens is 4. The van der Waals surface area contributed by atoms with Crippen molar-refractivity contribution < 1.29 is 22.5 Å². The Morgan fingerprint density at radius 1 is 1.42 bits per heavy atom. The lowest BCUT2D eigenvalue weighted by Crippen LogP contribution is -2.39. The van der Waals surface area contributed by atoms with Crippen molar-refractivity contribution in [1.82, 2.24) is 9.88 Å². The normalized spacial score (nSPS) is 13.7. The van der Waals surface area contributed by atoms with E-state index in [0.717, 1.165) is 11.8 Å². The minimum atomic E-state index is -4.20. The molecule has 0 aliphatic carbocycles. The monoisotopic (exact) mass is 403 g/mol. The maximum absolute atomic E-state index is 12.3. The molecule has 0 saturated carbocycles.